The first-order valence-electron chi connectivity index (χ1n) is 12.6. The Hall–Kier alpha value is -4.38. The average Bonchev–Trinajstić information content (AvgIpc) is 2.94. The molecule has 41 heavy (non-hydrogen) atoms. The summed E-state index contributed by atoms with van der Waals surface area (Å²) in [5.74, 6) is -1.59. The van der Waals surface area contributed by atoms with Crippen molar-refractivity contribution in [2.75, 3.05) is 18.4 Å². The number of amidine groups is 1. The van der Waals surface area contributed by atoms with Crippen LogP contribution in [0.4, 0.5) is 23.7 Å². The van der Waals surface area contributed by atoms with Gasteiger partial charge in [-0.05, 0) is 35.7 Å². The molecule has 0 bridgehead atoms. The number of hydrogen-bond donors (Lipinski definition) is 5. The highest BCUT2D eigenvalue weighted by Crippen LogP contribution is 2.23. The van der Waals surface area contributed by atoms with E-state index in [-0.39, 0.29) is 28.9 Å². The zero-order valence-electron chi connectivity index (χ0n) is 22.1. The third-order valence-corrected chi connectivity index (χ3v) is 6.57. The van der Waals surface area contributed by atoms with Crippen molar-refractivity contribution < 1.29 is 27.9 Å². The molecule has 2 amide bonds. The van der Waals surface area contributed by atoms with Crippen molar-refractivity contribution in [2.45, 2.75) is 32.5 Å². The summed E-state index contributed by atoms with van der Waals surface area (Å²) in [7, 11) is 0. The molecule has 0 aliphatic heterocycles. The molecule has 3 aromatic carbocycles. The van der Waals surface area contributed by atoms with Crippen LogP contribution in [-0.4, -0.2) is 52.8 Å². The molecule has 12 heteroatoms. The number of carbonyl (C=O) groups excluding carboxylic acids is 1. The lowest BCUT2D eigenvalue weighted by atomic mass is 10.0. The molecule has 0 unspecified atom stereocenters. The molecule has 0 saturated heterocycles. The molecule has 0 saturated carbocycles. The number of nitrogens with zero attached hydrogens (tertiary/aromatic N) is 1. The second-order valence-corrected chi connectivity index (χ2v) is 9.47. The van der Waals surface area contributed by atoms with Gasteiger partial charge < -0.3 is 21.1 Å². The summed E-state index contributed by atoms with van der Waals surface area (Å²) >= 11 is 6.21. The van der Waals surface area contributed by atoms with Crippen LogP contribution in [0.15, 0.2) is 66.7 Å². The summed E-state index contributed by atoms with van der Waals surface area (Å²) in [5.41, 5.74) is 2.36. The van der Waals surface area contributed by atoms with E-state index in [9.17, 15) is 27.9 Å². The van der Waals surface area contributed by atoms with Crippen molar-refractivity contribution in [3.05, 3.63) is 99.6 Å². The maximum atomic E-state index is 13.0. The molecule has 0 aromatic heterocycles. The van der Waals surface area contributed by atoms with Crippen molar-refractivity contribution in [3.8, 4) is 0 Å². The van der Waals surface area contributed by atoms with E-state index in [1.165, 1.54) is 18.2 Å². The number of nitrogens with one attached hydrogen (secondary N) is 4. The Bertz CT molecular complexity index is 1430. The highest BCUT2D eigenvalue weighted by Gasteiger charge is 2.31. The lowest BCUT2D eigenvalue weighted by Crippen LogP contribution is -2.46. The van der Waals surface area contributed by atoms with Crippen LogP contribution in [0.2, 0.25) is 5.02 Å². The van der Waals surface area contributed by atoms with Crippen molar-refractivity contribution in [1.82, 2.24) is 10.2 Å². The number of benzene rings is 3. The summed E-state index contributed by atoms with van der Waals surface area (Å²) in [6.45, 7) is 0.978. The SMILES string of the molecule is CCc1ccc(C(=N)N(CCC(F)(F)F)C(=O)NCC(=N)c2ccc(C(=O)O)cc2NCc2ccccc2Cl)cc1. The third kappa shape index (κ3) is 8.81. The Morgan fingerprint density at radius 2 is 1.66 bits per heavy atom. The van der Waals surface area contributed by atoms with Crippen LogP contribution < -0.4 is 10.6 Å². The first kappa shape index (κ1) is 31.2. The van der Waals surface area contributed by atoms with E-state index in [0.717, 1.165) is 17.5 Å². The quantitative estimate of drug-likeness (QED) is 0.128. The van der Waals surface area contributed by atoms with Gasteiger partial charge in [0.1, 0.15) is 5.84 Å². The maximum Gasteiger partial charge on any atom is 0.390 e. The number of alkyl halides is 3. The highest BCUT2D eigenvalue weighted by atomic mass is 35.5. The summed E-state index contributed by atoms with van der Waals surface area (Å²) in [6, 6.07) is 16.7. The van der Waals surface area contributed by atoms with E-state index in [1.54, 1.807) is 48.5 Å². The molecule has 0 spiro atoms. The predicted molar refractivity (Wildman–Crippen MR) is 152 cm³/mol. The van der Waals surface area contributed by atoms with Gasteiger partial charge >= 0.3 is 18.2 Å². The molecule has 0 radical (unpaired) electrons. The largest absolute Gasteiger partial charge is 0.478 e. The fraction of sp³-hybridized carbons (Fsp3) is 0.241. The number of halogens is 4. The molecule has 3 aromatic rings. The van der Waals surface area contributed by atoms with Gasteiger partial charge in [-0.25, -0.2) is 9.59 Å². The molecule has 216 valence electrons. The fourth-order valence-corrected chi connectivity index (χ4v) is 4.08. The van der Waals surface area contributed by atoms with Crippen molar-refractivity contribution in [3.63, 3.8) is 0 Å². The molecule has 8 nitrogen and oxygen atoms in total. The van der Waals surface area contributed by atoms with Gasteiger partial charge in [0, 0.05) is 34.9 Å². The van der Waals surface area contributed by atoms with Gasteiger partial charge in [-0.15, -0.1) is 0 Å². The second-order valence-electron chi connectivity index (χ2n) is 9.06. The number of urea groups is 1. The third-order valence-electron chi connectivity index (χ3n) is 6.20. The normalized spacial score (nSPS) is 11.0. The van der Waals surface area contributed by atoms with Gasteiger partial charge in [0.2, 0.25) is 0 Å². The number of amides is 2. The van der Waals surface area contributed by atoms with Crippen molar-refractivity contribution in [2.24, 2.45) is 0 Å². The summed E-state index contributed by atoms with van der Waals surface area (Å²) in [4.78, 5) is 25.2. The summed E-state index contributed by atoms with van der Waals surface area (Å²) in [5, 5.41) is 32.4. The number of carbonyl (C=O) groups is 2. The topological polar surface area (TPSA) is 129 Å². The lowest BCUT2D eigenvalue weighted by Gasteiger charge is -2.25. The Balaban J connectivity index is 1.78. The van der Waals surface area contributed by atoms with Crippen LogP contribution in [0.1, 0.15) is 46.0 Å². The minimum atomic E-state index is -4.55. The minimum Gasteiger partial charge on any atom is -0.478 e. The molecule has 0 aliphatic carbocycles. The molecule has 0 heterocycles. The highest BCUT2D eigenvalue weighted by molar-refractivity contribution is 6.31. The summed E-state index contributed by atoms with van der Waals surface area (Å²) in [6.07, 6.45) is -5.14. The number of carboxylic acid groups (broad SMARTS) is 1. The zero-order chi connectivity index (χ0) is 30.2. The zero-order valence-corrected chi connectivity index (χ0v) is 22.9. The van der Waals surface area contributed by atoms with Crippen LogP contribution in [0.25, 0.3) is 0 Å². The first-order valence-corrected chi connectivity index (χ1v) is 13.0. The van der Waals surface area contributed by atoms with E-state index in [1.807, 2.05) is 6.92 Å². The lowest BCUT2D eigenvalue weighted by molar-refractivity contribution is -0.135. The summed E-state index contributed by atoms with van der Waals surface area (Å²) < 4.78 is 39.0. The van der Waals surface area contributed by atoms with Gasteiger partial charge in [-0.2, -0.15) is 13.2 Å². The minimum absolute atomic E-state index is 0.0342. The second kappa shape index (κ2) is 13.8. The number of anilines is 1. The van der Waals surface area contributed by atoms with Gasteiger partial charge in [-0.1, -0.05) is 67.1 Å². The number of hydrogen-bond acceptors (Lipinski definition) is 5. The number of rotatable bonds is 11. The van der Waals surface area contributed by atoms with Crippen LogP contribution in [0.5, 0.6) is 0 Å². The number of carboxylic acids is 1. The Morgan fingerprint density at radius 3 is 2.27 bits per heavy atom. The van der Waals surface area contributed by atoms with E-state index in [2.05, 4.69) is 10.6 Å². The van der Waals surface area contributed by atoms with Crippen LogP contribution >= 0.6 is 11.6 Å². The number of aryl methyl sites for hydroxylation is 1. The van der Waals surface area contributed by atoms with E-state index in [4.69, 9.17) is 22.4 Å². The average molecular weight is 588 g/mol. The van der Waals surface area contributed by atoms with Crippen molar-refractivity contribution in [1.29, 1.82) is 10.8 Å². The molecular formula is C29H29ClF3N5O3. The van der Waals surface area contributed by atoms with E-state index >= 15 is 0 Å². The molecule has 3 rings (SSSR count). The predicted octanol–water partition coefficient (Wildman–Crippen LogP) is 6.57. The smallest absolute Gasteiger partial charge is 0.390 e. The molecule has 0 fully saturated rings. The van der Waals surface area contributed by atoms with Gasteiger partial charge in [0.05, 0.1) is 24.2 Å². The Morgan fingerprint density at radius 1 is 1.00 bits per heavy atom. The van der Waals surface area contributed by atoms with E-state index in [0.29, 0.717) is 15.6 Å². The molecule has 0 aliphatic rings. The Labute approximate surface area is 240 Å². The van der Waals surface area contributed by atoms with Gasteiger partial charge in [-0.3, -0.25) is 10.3 Å². The van der Waals surface area contributed by atoms with Gasteiger partial charge in [0.25, 0.3) is 0 Å². The maximum absolute atomic E-state index is 13.0. The van der Waals surface area contributed by atoms with E-state index < -0.39 is 43.5 Å². The molecular weight excluding hydrogens is 559 g/mol. The molecule has 5 N–H and O–H groups in total. The fourth-order valence-electron chi connectivity index (χ4n) is 3.88. The monoisotopic (exact) mass is 587 g/mol. The van der Waals surface area contributed by atoms with Crippen LogP contribution in [0, 0.1) is 10.8 Å². The van der Waals surface area contributed by atoms with Crippen LogP contribution in [0.3, 0.4) is 0 Å². The van der Waals surface area contributed by atoms with Gasteiger partial charge in [0.15, 0.2) is 0 Å². The van der Waals surface area contributed by atoms with Crippen LogP contribution in [-0.2, 0) is 13.0 Å². The number of aromatic carboxylic acids is 1. The van der Waals surface area contributed by atoms with Crippen molar-refractivity contribution >= 4 is 40.8 Å². The standard InChI is InChI=1S/C29H29ClF3N5O3/c1-2-18-7-9-19(10-8-18)26(35)38(14-13-29(31,32)33)28(41)37-17-24(34)22-12-11-20(27(39)40)15-25(22)36-16-21-5-3-4-6-23(21)30/h3-12,15,34-36H,2,13-14,16-17H2,1H3,(H,37,41)(H,39,40). The first-order chi connectivity index (χ1) is 19.4. The Kier molecular flexibility index (Phi) is 10.5. The molecule has 0 atom stereocenters.